The highest BCUT2D eigenvalue weighted by Crippen LogP contribution is 2.18. The predicted octanol–water partition coefficient (Wildman–Crippen LogP) is 1.29. The van der Waals surface area contributed by atoms with E-state index in [1.165, 1.54) is 0 Å². The summed E-state index contributed by atoms with van der Waals surface area (Å²) in [7, 11) is 0. The number of ether oxygens (including phenoxy) is 1. The Balaban J connectivity index is 2.31. The summed E-state index contributed by atoms with van der Waals surface area (Å²) >= 11 is 0. The highest BCUT2D eigenvalue weighted by atomic mass is 16.7. The molecule has 0 atom stereocenters. The van der Waals surface area contributed by atoms with Crippen molar-refractivity contribution in [1.29, 1.82) is 0 Å². The second-order valence-corrected chi connectivity index (χ2v) is 7.24. The molecule has 1 aliphatic rings. The maximum Gasteiger partial charge on any atom is 0.333 e. The lowest BCUT2D eigenvalue weighted by Crippen LogP contribution is -2.37. The smallest absolute Gasteiger partial charge is 0.333 e. The number of rotatable bonds is 10. The molecule has 0 radical (unpaired) electrons. The minimum Gasteiger partial charge on any atom is -0.390 e. The van der Waals surface area contributed by atoms with Gasteiger partial charge in [0.1, 0.15) is 5.60 Å². The largest absolute Gasteiger partial charge is 0.390 e. The van der Waals surface area contributed by atoms with Crippen molar-refractivity contribution in [2.45, 2.75) is 77.4 Å². The Labute approximate surface area is 147 Å². The monoisotopic (exact) mass is 357 g/mol. The fourth-order valence-corrected chi connectivity index (χ4v) is 2.14. The number of imide groups is 1. The number of Topliss-reactive ketones (excluding diaryl/α,β-unsaturated/α-hetero) is 1. The third-order valence-electron chi connectivity index (χ3n) is 3.83. The maximum absolute atomic E-state index is 12.2. The van der Waals surface area contributed by atoms with Gasteiger partial charge < -0.3 is 14.7 Å². The molecule has 1 N–H and O–H groups in total. The normalized spacial score (nSPS) is 15.6. The standard InChI is InChI=1S/C17H27NO7/c1-16(2,23)10-11-24-17(3,4)12(19)6-5-7-15(22)25-18-13(20)8-9-14(18)21/h23H,5-11H2,1-4H3. The Morgan fingerprint density at radius 3 is 2.16 bits per heavy atom. The van der Waals surface area contributed by atoms with Gasteiger partial charge in [-0.05, 0) is 40.5 Å². The molecule has 2 amide bonds. The van der Waals surface area contributed by atoms with Gasteiger partial charge in [0.2, 0.25) is 0 Å². The number of aliphatic hydroxyl groups is 1. The number of amides is 2. The first-order valence-corrected chi connectivity index (χ1v) is 8.38. The van der Waals surface area contributed by atoms with E-state index >= 15 is 0 Å². The minimum absolute atomic E-state index is 0.0424. The zero-order valence-corrected chi connectivity index (χ0v) is 15.3. The SMILES string of the molecule is CC(C)(O)CCOC(C)(C)C(=O)CCCC(=O)ON1C(=O)CCC1=O. The van der Waals surface area contributed by atoms with Crippen LogP contribution in [0.3, 0.4) is 0 Å². The number of hydroxylamine groups is 2. The molecule has 0 aliphatic carbocycles. The van der Waals surface area contributed by atoms with Gasteiger partial charge in [0.15, 0.2) is 5.78 Å². The van der Waals surface area contributed by atoms with Crippen LogP contribution in [-0.4, -0.2) is 51.5 Å². The number of hydrogen-bond acceptors (Lipinski definition) is 7. The van der Waals surface area contributed by atoms with Crippen LogP contribution < -0.4 is 0 Å². The molecule has 1 aliphatic heterocycles. The highest BCUT2D eigenvalue weighted by Gasteiger charge is 2.33. The number of ketones is 1. The van der Waals surface area contributed by atoms with Crippen LogP contribution in [0.25, 0.3) is 0 Å². The zero-order valence-electron chi connectivity index (χ0n) is 15.3. The van der Waals surface area contributed by atoms with Crippen LogP contribution in [0.15, 0.2) is 0 Å². The van der Waals surface area contributed by atoms with Gasteiger partial charge in [-0.15, -0.1) is 5.06 Å². The van der Waals surface area contributed by atoms with E-state index in [1.807, 2.05) is 0 Å². The molecule has 0 aromatic rings. The lowest BCUT2D eigenvalue weighted by Gasteiger charge is -2.26. The topological polar surface area (TPSA) is 110 Å². The van der Waals surface area contributed by atoms with Crippen molar-refractivity contribution in [3.8, 4) is 0 Å². The van der Waals surface area contributed by atoms with Gasteiger partial charge in [0.05, 0.1) is 12.2 Å². The van der Waals surface area contributed by atoms with Crippen molar-refractivity contribution < 1.29 is 33.9 Å². The zero-order chi connectivity index (χ0) is 19.3. The molecule has 0 saturated carbocycles. The first kappa shape index (κ1) is 21.2. The molecule has 25 heavy (non-hydrogen) atoms. The molecule has 1 heterocycles. The first-order chi connectivity index (χ1) is 11.4. The quantitative estimate of drug-likeness (QED) is 0.587. The summed E-state index contributed by atoms with van der Waals surface area (Å²) in [5.41, 5.74) is -1.89. The predicted molar refractivity (Wildman–Crippen MR) is 87.0 cm³/mol. The van der Waals surface area contributed by atoms with Crippen LogP contribution in [0.5, 0.6) is 0 Å². The summed E-state index contributed by atoms with van der Waals surface area (Å²) in [4.78, 5) is 51.3. The average molecular weight is 357 g/mol. The highest BCUT2D eigenvalue weighted by molar-refractivity contribution is 6.01. The van der Waals surface area contributed by atoms with E-state index < -0.39 is 29.0 Å². The molecule has 0 aromatic carbocycles. The van der Waals surface area contributed by atoms with E-state index in [4.69, 9.17) is 9.57 Å². The summed E-state index contributed by atoms with van der Waals surface area (Å²) in [6.07, 6.45) is 0.733. The molecule has 8 nitrogen and oxygen atoms in total. The van der Waals surface area contributed by atoms with Crippen molar-refractivity contribution in [1.82, 2.24) is 5.06 Å². The third kappa shape index (κ3) is 7.31. The van der Waals surface area contributed by atoms with Crippen molar-refractivity contribution in [3.63, 3.8) is 0 Å². The van der Waals surface area contributed by atoms with Crippen LogP contribution in [0, 0.1) is 0 Å². The van der Waals surface area contributed by atoms with E-state index in [9.17, 15) is 24.3 Å². The number of hydrogen-bond donors (Lipinski definition) is 1. The second kappa shape index (κ2) is 8.53. The molecule has 0 unspecified atom stereocenters. The van der Waals surface area contributed by atoms with E-state index in [1.54, 1.807) is 27.7 Å². The van der Waals surface area contributed by atoms with Crippen LogP contribution in [0.2, 0.25) is 0 Å². The Morgan fingerprint density at radius 1 is 1.08 bits per heavy atom. The lowest BCUT2D eigenvalue weighted by atomic mass is 9.98. The van der Waals surface area contributed by atoms with Crippen LogP contribution in [0.1, 0.15) is 66.2 Å². The van der Waals surface area contributed by atoms with Gasteiger partial charge in [0.25, 0.3) is 11.8 Å². The van der Waals surface area contributed by atoms with Crippen LogP contribution >= 0.6 is 0 Å². The van der Waals surface area contributed by atoms with E-state index in [0.717, 1.165) is 0 Å². The van der Waals surface area contributed by atoms with Gasteiger partial charge in [-0.25, -0.2) is 4.79 Å². The fraction of sp³-hybridized carbons (Fsp3) is 0.765. The van der Waals surface area contributed by atoms with E-state index in [-0.39, 0.29) is 44.5 Å². The molecular weight excluding hydrogens is 330 g/mol. The lowest BCUT2D eigenvalue weighted by molar-refractivity contribution is -0.197. The molecule has 1 fully saturated rings. The van der Waals surface area contributed by atoms with Gasteiger partial charge in [-0.1, -0.05) is 0 Å². The van der Waals surface area contributed by atoms with Gasteiger partial charge in [-0.3, -0.25) is 14.4 Å². The average Bonchev–Trinajstić information content (AvgIpc) is 2.77. The molecule has 1 rings (SSSR count). The Kier molecular flexibility index (Phi) is 7.25. The molecule has 0 aromatic heterocycles. The Morgan fingerprint density at radius 2 is 1.64 bits per heavy atom. The molecule has 0 bridgehead atoms. The minimum atomic E-state index is -1.02. The van der Waals surface area contributed by atoms with Crippen LogP contribution in [-0.2, 0) is 28.8 Å². The Hall–Kier alpha value is -1.80. The maximum atomic E-state index is 12.2. The summed E-state index contributed by atoms with van der Waals surface area (Å²) < 4.78 is 5.54. The molecule has 1 saturated heterocycles. The molecule has 8 heteroatoms. The number of nitrogens with zero attached hydrogens (tertiary/aromatic N) is 1. The van der Waals surface area contributed by atoms with Gasteiger partial charge in [0, 0.05) is 25.7 Å². The molecular formula is C17H27NO7. The van der Waals surface area contributed by atoms with Gasteiger partial charge >= 0.3 is 5.97 Å². The third-order valence-corrected chi connectivity index (χ3v) is 3.83. The number of carbonyl (C=O) groups is 4. The first-order valence-electron chi connectivity index (χ1n) is 8.38. The van der Waals surface area contributed by atoms with Crippen molar-refractivity contribution in [2.75, 3.05) is 6.61 Å². The van der Waals surface area contributed by atoms with E-state index in [2.05, 4.69) is 0 Å². The fourth-order valence-electron chi connectivity index (χ4n) is 2.14. The van der Waals surface area contributed by atoms with Crippen molar-refractivity contribution >= 4 is 23.6 Å². The van der Waals surface area contributed by atoms with Crippen molar-refractivity contribution in [3.05, 3.63) is 0 Å². The summed E-state index contributed by atoms with van der Waals surface area (Å²) in [6.45, 7) is 6.84. The number of carbonyl (C=O) groups excluding carboxylic acids is 4. The Bertz CT molecular complexity index is 518. The van der Waals surface area contributed by atoms with Crippen molar-refractivity contribution in [2.24, 2.45) is 0 Å². The van der Waals surface area contributed by atoms with Crippen LogP contribution in [0.4, 0.5) is 0 Å². The second-order valence-electron chi connectivity index (χ2n) is 7.24. The summed E-state index contributed by atoms with van der Waals surface area (Å²) in [6, 6.07) is 0. The molecule has 0 spiro atoms. The molecule has 142 valence electrons. The van der Waals surface area contributed by atoms with Gasteiger partial charge in [-0.2, -0.15) is 0 Å². The summed E-state index contributed by atoms with van der Waals surface area (Å²) in [5, 5.41) is 10.1. The van der Waals surface area contributed by atoms with E-state index in [0.29, 0.717) is 11.5 Å². The summed E-state index contributed by atoms with van der Waals surface area (Å²) in [5.74, 6) is -1.96.